The van der Waals surface area contributed by atoms with E-state index in [-0.39, 0.29) is 5.41 Å². The number of hydrogen-bond donors (Lipinski definition) is 2. The van der Waals surface area contributed by atoms with E-state index in [1.54, 1.807) is 12.4 Å². The minimum absolute atomic E-state index is 0.0659. The molecule has 5 heteroatoms. The van der Waals surface area contributed by atoms with Gasteiger partial charge in [0.15, 0.2) is 0 Å². The predicted molar refractivity (Wildman–Crippen MR) is 61.1 cm³/mol. The van der Waals surface area contributed by atoms with E-state index in [1.807, 2.05) is 0 Å². The Labute approximate surface area is 92.5 Å². The van der Waals surface area contributed by atoms with Crippen LogP contribution in [0.5, 0.6) is 0 Å². The van der Waals surface area contributed by atoms with E-state index in [9.17, 15) is 0 Å². The van der Waals surface area contributed by atoms with Gasteiger partial charge in [0.2, 0.25) is 5.95 Å². The standard InChI is InChI=1S/C9H15BrN4/c1-9(2,5-11)6-14-8-12-3-7(10)4-13-8/h3-4H,5-6,11H2,1-2H3,(H,12,13,14). The van der Waals surface area contributed by atoms with Crippen LogP contribution in [0.15, 0.2) is 16.9 Å². The fourth-order valence-electron chi connectivity index (χ4n) is 0.794. The average molecular weight is 259 g/mol. The third kappa shape index (κ3) is 3.59. The van der Waals surface area contributed by atoms with Crippen LogP contribution in [0, 0.1) is 5.41 Å². The lowest BCUT2D eigenvalue weighted by Crippen LogP contribution is -2.31. The lowest BCUT2D eigenvalue weighted by atomic mass is 9.94. The van der Waals surface area contributed by atoms with Crippen molar-refractivity contribution in [3.8, 4) is 0 Å². The van der Waals surface area contributed by atoms with Crippen molar-refractivity contribution in [1.29, 1.82) is 0 Å². The van der Waals surface area contributed by atoms with Gasteiger partial charge in [0.25, 0.3) is 0 Å². The molecule has 3 N–H and O–H groups in total. The van der Waals surface area contributed by atoms with Gasteiger partial charge in [-0.25, -0.2) is 9.97 Å². The maximum Gasteiger partial charge on any atom is 0.222 e. The molecule has 1 rings (SSSR count). The molecule has 0 radical (unpaired) electrons. The molecule has 0 saturated heterocycles. The molecule has 78 valence electrons. The number of nitrogens with two attached hydrogens (primary N) is 1. The summed E-state index contributed by atoms with van der Waals surface area (Å²) in [5, 5.41) is 3.14. The van der Waals surface area contributed by atoms with Gasteiger partial charge in [-0.2, -0.15) is 0 Å². The zero-order valence-corrected chi connectivity index (χ0v) is 10.0. The third-order valence-electron chi connectivity index (χ3n) is 1.90. The first-order valence-corrected chi connectivity index (χ1v) is 5.24. The van der Waals surface area contributed by atoms with Crippen LogP contribution in [0.3, 0.4) is 0 Å². The van der Waals surface area contributed by atoms with Crippen molar-refractivity contribution in [3.63, 3.8) is 0 Å². The van der Waals surface area contributed by atoms with Crippen molar-refractivity contribution in [1.82, 2.24) is 9.97 Å². The number of halogens is 1. The van der Waals surface area contributed by atoms with E-state index < -0.39 is 0 Å². The Bertz CT molecular complexity index is 283. The summed E-state index contributed by atoms with van der Waals surface area (Å²) in [7, 11) is 0. The molecule has 1 heterocycles. The molecule has 0 amide bonds. The number of nitrogens with one attached hydrogen (secondary N) is 1. The highest BCUT2D eigenvalue weighted by Crippen LogP contribution is 2.13. The highest BCUT2D eigenvalue weighted by atomic mass is 79.9. The molecule has 0 fully saturated rings. The van der Waals surface area contributed by atoms with Gasteiger partial charge < -0.3 is 11.1 Å². The summed E-state index contributed by atoms with van der Waals surface area (Å²) >= 11 is 3.28. The molecule has 0 aliphatic rings. The number of hydrogen-bond acceptors (Lipinski definition) is 4. The van der Waals surface area contributed by atoms with Crippen LogP contribution in [0.25, 0.3) is 0 Å². The Kier molecular flexibility index (Phi) is 3.83. The Morgan fingerprint density at radius 1 is 1.43 bits per heavy atom. The largest absolute Gasteiger partial charge is 0.354 e. The highest BCUT2D eigenvalue weighted by molar-refractivity contribution is 9.10. The molecule has 1 aromatic rings. The maximum absolute atomic E-state index is 5.61. The summed E-state index contributed by atoms with van der Waals surface area (Å²) in [5.74, 6) is 0.634. The van der Waals surface area contributed by atoms with Crippen LogP contribution in [0.2, 0.25) is 0 Å². The van der Waals surface area contributed by atoms with E-state index in [2.05, 4.69) is 45.1 Å². The fraction of sp³-hybridized carbons (Fsp3) is 0.556. The first kappa shape index (κ1) is 11.4. The van der Waals surface area contributed by atoms with Gasteiger partial charge in [0.1, 0.15) is 0 Å². The first-order valence-electron chi connectivity index (χ1n) is 4.45. The van der Waals surface area contributed by atoms with Gasteiger partial charge >= 0.3 is 0 Å². The first-order chi connectivity index (χ1) is 6.53. The Hall–Kier alpha value is -0.680. The van der Waals surface area contributed by atoms with Crippen molar-refractivity contribution in [2.45, 2.75) is 13.8 Å². The van der Waals surface area contributed by atoms with Crippen molar-refractivity contribution in [2.75, 3.05) is 18.4 Å². The molecule has 0 aliphatic carbocycles. The minimum atomic E-state index is 0.0659. The summed E-state index contributed by atoms with van der Waals surface area (Å²) in [6.45, 7) is 5.60. The van der Waals surface area contributed by atoms with Crippen molar-refractivity contribution in [2.24, 2.45) is 11.1 Å². The Morgan fingerprint density at radius 2 is 2.00 bits per heavy atom. The lowest BCUT2D eigenvalue weighted by Gasteiger charge is -2.22. The van der Waals surface area contributed by atoms with Crippen LogP contribution in [0.4, 0.5) is 5.95 Å². The van der Waals surface area contributed by atoms with E-state index >= 15 is 0 Å². The number of rotatable bonds is 4. The maximum atomic E-state index is 5.61. The molecule has 14 heavy (non-hydrogen) atoms. The van der Waals surface area contributed by atoms with E-state index in [1.165, 1.54) is 0 Å². The number of nitrogens with zero attached hydrogens (tertiary/aromatic N) is 2. The van der Waals surface area contributed by atoms with Gasteiger partial charge in [0, 0.05) is 18.9 Å². The molecule has 0 saturated carbocycles. The molecule has 1 aromatic heterocycles. The fourth-order valence-corrected chi connectivity index (χ4v) is 0.999. The van der Waals surface area contributed by atoms with Crippen LogP contribution < -0.4 is 11.1 Å². The zero-order chi connectivity index (χ0) is 10.6. The van der Waals surface area contributed by atoms with E-state index in [0.29, 0.717) is 12.5 Å². The summed E-state index contributed by atoms with van der Waals surface area (Å²) in [4.78, 5) is 8.21. The van der Waals surface area contributed by atoms with Crippen molar-refractivity contribution in [3.05, 3.63) is 16.9 Å². The molecular weight excluding hydrogens is 244 g/mol. The van der Waals surface area contributed by atoms with Crippen LogP contribution in [-0.4, -0.2) is 23.1 Å². The molecule has 0 aromatic carbocycles. The zero-order valence-electron chi connectivity index (χ0n) is 8.42. The summed E-state index contributed by atoms with van der Waals surface area (Å²) in [6, 6.07) is 0. The molecule has 0 unspecified atom stereocenters. The second-order valence-electron chi connectivity index (χ2n) is 3.95. The predicted octanol–water partition coefficient (Wildman–Crippen LogP) is 1.64. The Morgan fingerprint density at radius 3 is 2.50 bits per heavy atom. The highest BCUT2D eigenvalue weighted by Gasteiger charge is 2.15. The van der Waals surface area contributed by atoms with Gasteiger partial charge in [-0.05, 0) is 27.9 Å². The molecule has 0 spiro atoms. The normalized spacial score (nSPS) is 11.4. The summed E-state index contributed by atoms with van der Waals surface area (Å²) in [5.41, 5.74) is 5.67. The monoisotopic (exact) mass is 258 g/mol. The second-order valence-corrected chi connectivity index (χ2v) is 4.86. The van der Waals surface area contributed by atoms with Crippen LogP contribution in [0.1, 0.15) is 13.8 Å². The smallest absolute Gasteiger partial charge is 0.222 e. The quantitative estimate of drug-likeness (QED) is 0.862. The molecular formula is C9H15BrN4. The molecule has 0 bridgehead atoms. The minimum Gasteiger partial charge on any atom is -0.354 e. The molecule has 0 atom stereocenters. The van der Waals surface area contributed by atoms with Gasteiger partial charge in [-0.3, -0.25) is 0 Å². The van der Waals surface area contributed by atoms with Crippen LogP contribution >= 0.6 is 15.9 Å². The van der Waals surface area contributed by atoms with Gasteiger partial charge in [0.05, 0.1) is 4.47 Å². The summed E-state index contributed by atoms with van der Waals surface area (Å²) < 4.78 is 0.876. The number of anilines is 1. The van der Waals surface area contributed by atoms with Gasteiger partial charge in [-0.1, -0.05) is 13.8 Å². The third-order valence-corrected chi connectivity index (χ3v) is 2.31. The van der Waals surface area contributed by atoms with E-state index in [0.717, 1.165) is 11.0 Å². The van der Waals surface area contributed by atoms with E-state index in [4.69, 9.17) is 5.73 Å². The summed E-state index contributed by atoms with van der Waals surface area (Å²) in [6.07, 6.45) is 3.43. The molecule has 4 nitrogen and oxygen atoms in total. The van der Waals surface area contributed by atoms with Crippen LogP contribution in [-0.2, 0) is 0 Å². The topological polar surface area (TPSA) is 63.8 Å². The average Bonchev–Trinajstić information content (AvgIpc) is 2.17. The van der Waals surface area contributed by atoms with Crippen molar-refractivity contribution >= 4 is 21.9 Å². The Balaban J connectivity index is 2.50. The van der Waals surface area contributed by atoms with Gasteiger partial charge in [-0.15, -0.1) is 0 Å². The second kappa shape index (κ2) is 4.70. The SMILES string of the molecule is CC(C)(CN)CNc1ncc(Br)cn1. The lowest BCUT2D eigenvalue weighted by molar-refractivity contribution is 0.404. The van der Waals surface area contributed by atoms with Crippen molar-refractivity contribution < 1.29 is 0 Å². The number of aromatic nitrogens is 2. The molecule has 0 aliphatic heterocycles.